The van der Waals surface area contributed by atoms with Crippen LogP contribution in [0.1, 0.15) is 129 Å². The van der Waals surface area contributed by atoms with Gasteiger partial charge in [0, 0.05) is 0 Å². The van der Waals surface area contributed by atoms with Crippen LogP contribution in [-0.4, -0.2) is 0 Å². The van der Waals surface area contributed by atoms with Crippen molar-refractivity contribution in [2.24, 2.45) is 11.8 Å². The van der Waals surface area contributed by atoms with Crippen molar-refractivity contribution in [3.63, 3.8) is 0 Å². The van der Waals surface area contributed by atoms with Crippen molar-refractivity contribution in [2.45, 2.75) is 129 Å². The molecule has 0 heterocycles. The van der Waals surface area contributed by atoms with Crippen molar-refractivity contribution < 1.29 is 0 Å². The summed E-state index contributed by atoms with van der Waals surface area (Å²) in [6.45, 7) is 9.19. The van der Waals surface area contributed by atoms with Gasteiger partial charge in [-0.25, -0.2) is 0 Å². The third kappa shape index (κ3) is 11.3. The first-order valence-electron chi connectivity index (χ1n) is 11.4. The van der Waals surface area contributed by atoms with Crippen LogP contribution in [-0.2, 0) is 0 Å². The molecule has 1 unspecified atom stereocenters. The molecule has 1 aliphatic carbocycles. The zero-order valence-electron chi connectivity index (χ0n) is 17.1. The van der Waals surface area contributed by atoms with Crippen molar-refractivity contribution in [1.29, 1.82) is 0 Å². The van der Waals surface area contributed by atoms with Crippen LogP contribution in [0, 0.1) is 11.8 Å². The van der Waals surface area contributed by atoms with Crippen molar-refractivity contribution in [3.05, 3.63) is 12.2 Å². The van der Waals surface area contributed by atoms with Gasteiger partial charge >= 0.3 is 0 Å². The fraction of sp³-hybridized carbons (Fsp3) is 0.917. The number of hydrogen-bond acceptors (Lipinski definition) is 0. The highest BCUT2D eigenvalue weighted by molar-refractivity contribution is 5.00. The highest BCUT2D eigenvalue weighted by Crippen LogP contribution is 2.29. The summed E-state index contributed by atoms with van der Waals surface area (Å²) in [7, 11) is 0. The molecule has 0 heteroatoms. The monoisotopic (exact) mass is 334 g/mol. The van der Waals surface area contributed by atoms with Gasteiger partial charge in [-0.2, -0.15) is 0 Å². The molecule has 1 atom stereocenters. The molecular weight excluding hydrogens is 288 g/mol. The molecule has 0 N–H and O–H groups in total. The Kier molecular flexibility index (Phi) is 13.6. The molecular formula is C24H46. The van der Waals surface area contributed by atoms with Gasteiger partial charge in [-0.3, -0.25) is 0 Å². The summed E-state index contributed by atoms with van der Waals surface area (Å²) >= 11 is 0. The molecule has 1 aliphatic rings. The predicted octanol–water partition coefficient (Wildman–Crippen LogP) is 8.85. The Morgan fingerprint density at radius 1 is 0.792 bits per heavy atom. The molecule has 0 nitrogen and oxygen atoms in total. The molecule has 142 valence electrons. The van der Waals surface area contributed by atoms with Gasteiger partial charge in [0.2, 0.25) is 0 Å². The van der Waals surface area contributed by atoms with E-state index < -0.39 is 0 Å². The second-order valence-corrected chi connectivity index (χ2v) is 8.58. The first kappa shape index (κ1) is 21.8. The van der Waals surface area contributed by atoms with Crippen LogP contribution in [0.15, 0.2) is 12.2 Å². The second kappa shape index (κ2) is 15.0. The van der Waals surface area contributed by atoms with Gasteiger partial charge in [0.05, 0.1) is 0 Å². The fourth-order valence-corrected chi connectivity index (χ4v) is 4.18. The first-order chi connectivity index (χ1) is 11.7. The van der Waals surface area contributed by atoms with E-state index in [2.05, 4.69) is 20.4 Å². The van der Waals surface area contributed by atoms with E-state index in [1.165, 1.54) is 116 Å². The quantitative estimate of drug-likeness (QED) is 0.261. The Morgan fingerprint density at radius 3 is 1.88 bits per heavy atom. The van der Waals surface area contributed by atoms with E-state index in [9.17, 15) is 0 Å². The van der Waals surface area contributed by atoms with Crippen molar-refractivity contribution in [2.75, 3.05) is 0 Å². The molecule has 0 saturated heterocycles. The molecule has 0 aromatic heterocycles. The number of allylic oxidation sites excluding steroid dienone is 1. The molecule has 0 radical (unpaired) electrons. The zero-order valence-corrected chi connectivity index (χ0v) is 17.1. The molecule has 1 rings (SSSR count). The largest absolute Gasteiger partial charge is 0.0996 e. The summed E-state index contributed by atoms with van der Waals surface area (Å²) in [5.41, 5.74) is 1.59. The topological polar surface area (TPSA) is 0 Å². The Balaban J connectivity index is 2.03. The SMILES string of the molecule is C=C(CCCCCCCCC(C)CC)C1CCCCCCCCC1. The Hall–Kier alpha value is -0.260. The number of rotatable bonds is 11. The maximum Gasteiger partial charge on any atom is -0.0206 e. The summed E-state index contributed by atoms with van der Waals surface area (Å²) in [6.07, 6.45) is 25.8. The van der Waals surface area contributed by atoms with Gasteiger partial charge < -0.3 is 0 Å². The van der Waals surface area contributed by atoms with Crippen molar-refractivity contribution >= 4 is 0 Å². The van der Waals surface area contributed by atoms with E-state index in [1.54, 1.807) is 5.57 Å². The normalized spacial score (nSPS) is 19.1. The van der Waals surface area contributed by atoms with Gasteiger partial charge in [0.25, 0.3) is 0 Å². The number of hydrogen-bond donors (Lipinski definition) is 0. The summed E-state index contributed by atoms with van der Waals surface area (Å²) in [5.74, 6) is 1.78. The molecule has 24 heavy (non-hydrogen) atoms. The molecule has 0 aromatic rings. The van der Waals surface area contributed by atoms with E-state index in [4.69, 9.17) is 0 Å². The van der Waals surface area contributed by atoms with E-state index in [0.717, 1.165) is 11.8 Å². The predicted molar refractivity (Wildman–Crippen MR) is 111 cm³/mol. The summed E-state index contributed by atoms with van der Waals surface area (Å²) in [5, 5.41) is 0. The van der Waals surface area contributed by atoms with E-state index >= 15 is 0 Å². The van der Waals surface area contributed by atoms with Gasteiger partial charge in [-0.15, -0.1) is 0 Å². The van der Waals surface area contributed by atoms with Gasteiger partial charge in [0.1, 0.15) is 0 Å². The van der Waals surface area contributed by atoms with Gasteiger partial charge in [-0.1, -0.05) is 116 Å². The van der Waals surface area contributed by atoms with Crippen molar-refractivity contribution in [1.82, 2.24) is 0 Å². The van der Waals surface area contributed by atoms with Gasteiger partial charge in [-0.05, 0) is 37.5 Å². The van der Waals surface area contributed by atoms with Crippen LogP contribution in [0.3, 0.4) is 0 Å². The maximum absolute atomic E-state index is 4.48. The fourth-order valence-electron chi connectivity index (χ4n) is 4.18. The lowest BCUT2D eigenvalue weighted by Gasteiger charge is -2.21. The average Bonchev–Trinajstić information content (AvgIpc) is 2.61. The highest BCUT2D eigenvalue weighted by Gasteiger charge is 2.13. The number of unbranched alkanes of at least 4 members (excludes halogenated alkanes) is 5. The Labute approximate surface area is 153 Å². The van der Waals surface area contributed by atoms with Crippen LogP contribution in [0.5, 0.6) is 0 Å². The Bertz CT molecular complexity index is 280. The molecule has 0 aromatic carbocycles. The lowest BCUT2D eigenvalue weighted by atomic mass is 9.85. The standard InChI is InChI=1S/C24H46/c1-4-22(2)18-14-10-8-9-11-15-19-23(3)24-20-16-12-6-5-7-13-17-21-24/h22,24H,3-21H2,1-2H3. The Morgan fingerprint density at radius 2 is 1.29 bits per heavy atom. The molecule has 0 spiro atoms. The third-order valence-electron chi connectivity index (χ3n) is 6.32. The van der Waals surface area contributed by atoms with E-state index in [1.807, 2.05) is 0 Å². The molecule has 1 saturated carbocycles. The lowest BCUT2D eigenvalue weighted by Crippen LogP contribution is -2.05. The molecule has 1 fully saturated rings. The van der Waals surface area contributed by atoms with Gasteiger partial charge in [0.15, 0.2) is 0 Å². The van der Waals surface area contributed by atoms with E-state index in [0.29, 0.717) is 0 Å². The summed E-state index contributed by atoms with van der Waals surface area (Å²) < 4.78 is 0. The minimum atomic E-state index is 0.846. The summed E-state index contributed by atoms with van der Waals surface area (Å²) in [6, 6.07) is 0. The molecule has 0 bridgehead atoms. The van der Waals surface area contributed by atoms with Crippen LogP contribution in [0.25, 0.3) is 0 Å². The first-order valence-corrected chi connectivity index (χ1v) is 11.4. The van der Waals surface area contributed by atoms with Crippen molar-refractivity contribution in [3.8, 4) is 0 Å². The maximum atomic E-state index is 4.48. The minimum absolute atomic E-state index is 0.846. The third-order valence-corrected chi connectivity index (χ3v) is 6.32. The lowest BCUT2D eigenvalue weighted by molar-refractivity contribution is 0.419. The highest BCUT2D eigenvalue weighted by atomic mass is 14.2. The van der Waals surface area contributed by atoms with Crippen LogP contribution in [0.2, 0.25) is 0 Å². The zero-order chi connectivity index (χ0) is 17.5. The minimum Gasteiger partial charge on any atom is -0.0996 e. The van der Waals surface area contributed by atoms with Crippen LogP contribution in [0.4, 0.5) is 0 Å². The van der Waals surface area contributed by atoms with Crippen LogP contribution < -0.4 is 0 Å². The average molecular weight is 335 g/mol. The smallest absolute Gasteiger partial charge is 0.0206 e. The molecule has 0 aliphatic heterocycles. The molecule has 0 amide bonds. The van der Waals surface area contributed by atoms with E-state index in [-0.39, 0.29) is 0 Å². The van der Waals surface area contributed by atoms with Crippen LogP contribution >= 0.6 is 0 Å². The second-order valence-electron chi connectivity index (χ2n) is 8.58. The summed E-state index contributed by atoms with van der Waals surface area (Å²) in [4.78, 5) is 0.